The van der Waals surface area contributed by atoms with Gasteiger partial charge in [0.05, 0.1) is 6.33 Å². The summed E-state index contributed by atoms with van der Waals surface area (Å²) in [6, 6.07) is 0. The molecule has 0 bridgehead atoms. The maximum atomic E-state index is 12.6. The molecule has 234 valence electrons. The number of carbonyl (C=O) groups excluding carboxylic acids is 2. The predicted octanol–water partition coefficient (Wildman–Crippen LogP) is 0.410. The minimum Gasteiger partial charge on any atom is -0.481 e. The number of hydrogen-bond acceptors (Lipinski definition) is 11. The van der Waals surface area contributed by atoms with Crippen LogP contribution in [-0.4, -0.2) is 114 Å². The van der Waals surface area contributed by atoms with Crippen LogP contribution in [0, 0.1) is 0 Å². The number of likely N-dealkylation sites (N-methyl/N-ethyl adjacent to an activating group) is 1. The van der Waals surface area contributed by atoms with Crippen molar-refractivity contribution in [3.8, 4) is 0 Å². The van der Waals surface area contributed by atoms with Crippen LogP contribution < -0.4 is 10.6 Å². The van der Waals surface area contributed by atoms with E-state index in [4.69, 9.17) is 14.9 Å². The maximum Gasteiger partial charge on any atom is 0.303 e. The van der Waals surface area contributed by atoms with Crippen LogP contribution in [0.25, 0.3) is 11.2 Å². The highest BCUT2D eigenvalue weighted by molar-refractivity contribution is 5.96. The van der Waals surface area contributed by atoms with E-state index in [1.165, 1.54) is 17.2 Å². The second-order valence-electron chi connectivity index (χ2n) is 10.6. The molecule has 2 amide bonds. The largest absolute Gasteiger partial charge is 0.481 e. The number of carbonyl (C=O) groups is 3. The number of ether oxygens (including phenoxy) is 1. The molecule has 1 aliphatic rings. The van der Waals surface area contributed by atoms with Crippen LogP contribution in [0.5, 0.6) is 0 Å². The number of aliphatic hydroxyl groups is 3. The fourth-order valence-corrected chi connectivity index (χ4v) is 4.81. The third kappa shape index (κ3) is 9.94. The van der Waals surface area contributed by atoms with Gasteiger partial charge in [0.2, 0.25) is 11.8 Å². The molecule has 15 heteroatoms. The van der Waals surface area contributed by atoms with E-state index in [1.54, 1.807) is 7.05 Å². The normalized spacial score (nSPS) is 20.3. The number of carboxylic acid groups (broad SMARTS) is 1. The first-order valence-electron chi connectivity index (χ1n) is 14.5. The molecule has 42 heavy (non-hydrogen) atoms. The highest BCUT2D eigenvalue weighted by Gasteiger charge is 2.44. The molecule has 6 N–H and O–H groups in total. The van der Waals surface area contributed by atoms with Crippen LogP contribution in [0.2, 0.25) is 0 Å². The summed E-state index contributed by atoms with van der Waals surface area (Å²) in [5, 5.41) is 44.5. The highest BCUT2D eigenvalue weighted by Crippen LogP contribution is 2.32. The Labute approximate surface area is 244 Å². The highest BCUT2D eigenvalue weighted by atomic mass is 16.6. The second kappa shape index (κ2) is 17.0. The number of unbranched alkanes of at least 4 members (excludes halogenated alkanes) is 4. The molecule has 3 rings (SSSR count). The van der Waals surface area contributed by atoms with E-state index in [-0.39, 0.29) is 43.6 Å². The van der Waals surface area contributed by atoms with E-state index in [1.807, 2.05) is 4.90 Å². The summed E-state index contributed by atoms with van der Waals surface area (Å²) in [4.78, 5) is 49.6. The number of imidazole rings is 1. The number of aliphatic carboxylic acids is 1. The van der Waals surface area contributed by atoms with Crippen LogP contribution in [0.3, 0.4) is 0 Å². The van der Waals surface area contributed by atoms with E-state index < -0.39 is 30.5 Å². The Morgan fingerprint density at radius 2 is 1.69 bits per heavy atom. The third-order valence-electron chi connectivity index (χ3n) is 7.11. The first-order valence-corrected chi connectivity index (χ1v) is 14.5. The number of hydrogen-bond donors (Lipinski definition) is 6. The lowest BCUT2D eigenvalue weighted by atomic mass is 10.1. The van der Waals surface area contributed by atoms with Gasteiger partial charge in [0.15, 0.2) is 23.2 Å². The van der Waals surface area contributed by atoms with Gasteiger partial charge in [0.25, 0.3) is 0 Å². The lowest BCUT2D eigenvalue weighted by Crippen LogP contribution is -2.38. The monoisotopic (exact) mass is 593 g/mol. The Balaban J connectivity index is 1.46. The van der Waals surface area contributed by atoms with Crippen molar-refractivity contribution in [1.82, 2.24) is 29.7 Å². The second-order valence-corrected chi connectivity index (χ2v) is 10.6. The lowest BCUT2D eigenvalue weighted by Gasteiger charge is -2.22. The number of nitrogens with zero attached hydrogens (tertiary/aromatic N) is 5. The fourth-order valence-electron chi connectivity index (χ4n) is 4.81. The molecule has 0 spiro atoms. The van der Waals surface area contributed by atoms with Crippen molar-refractivity contribution in [3.63, 3.8) is 0 Å². The fraction of sp³-hybridized carbons (Fsp3) is 0.704. The molecule has 0 radical (unpaired) electrons. The number of anilines is 1. The van der Waals surface area contributed by atoms with E-state index in [0.29, 0.717) is 49.9 Å². The zero-order valence-electron chi connectivity index (χ0n) is 24.0. The molecule has 0 unspecified atom stereocenters. The van der Waals surface area contributed by atoms with Crippen molar-refractivity contribution in [2.24, 2.45) is 0 Å². The van der Waals surface area contributed by atoms with Crippen LogP contribution in [0.1, 0.15) is 70.4 Å². The lowest BCUT2D eigenvalue weighted by molar-refractivity contribution is -0.137. The smallest absolute Gasteiger partial charge is 0.303 e. The van der Waals surface area contributed by atoms with Crippen molar-refractivity contribution >= 4 is 34.8 Å². The van der Waals surface area contributed by atoms with Gasteiger partial charge in [-0.2, -0.15) is 0 Å². The van der Waals surface area contributed by atoms with Crippen molar-refractivity contribution in [2.75, 3.05) is 38.6 Å². The molecule has 1 saturated heterocycles. The molecule has 15 nitrogen and oxygen atoms in total. The van der Waals surface area contributed by atoms with Crippen LogP contribution >= 0.6 is 0 Å². The standard InChI is InChI=1S/C27H43N7O8/c1-33(13-8-11-21(38)39)15-18-23(40)24(41)27(42-18)34-17-31-22-25(29-16-30-26(22)34)32-20(37)10-4-2-6-12-28-19(36)9-5-3-7-14-35/h16-18,23-24,27,35,40-41H,2-15H2,1H3,(H,28,36)(H,38,39)(H,29,30,32,37)/t18-,23-,24-,27-/m1/s1. The summed E-state index contributed by atoms with van der Waals surface area (Å²) in [5.74, 6) is -0.893. The molecule has 2 aromatic heterocycles. The van der Waals surface area contributed by atoms with Gasteiger partial charge in [0, 0.05) is 39.0 Å². The zero-order chi connectivity index (χ0) is 30.5. The molecule has 0 saturated carbocycles. The van der Waals surface area contributed by atoms with Crippen LogP contribution in [-0.2, 0) is 19.1 Å². The van der Waals surface area contributed by atoms with E-state index in [9.17, 15) is 24.6 Å². The molecule has 0 aromatic carbocycles. The Kier molecular flexibility index (Phi) is 13.5. The topological polar surface area (TPSA) is 212 Å². The summed E-state index contributed by atoms with van der Waals surface area (Å²) in [6.45, 7) is 1.48. The molecule has 1 aliphatic heterocycles. The van der Waals surface area contributed by atoms with Gasteiger partial charge < -0.3 is 40.7 Å². The number of nitrogens with one attached hydrogen (secondary N) is 2. The summed E-state index contributed by atoms with van der Waals surface area (Å²) < 4.78 is 7.46. The van der Waals surface area contributed by atoms with Gasteiger partial charge in [-0.3, -0.25) is 19.0 Å². The molecule has 2 aromatic rings. The van der Waals surface area contributed by atoms with Crippen LogP contribution in [0.4, 0.5) is 5.82 Å². The average molecular weight is 594 g/mol. The Morgan fingerprint density at radius 3 is 2.43 bits per heavy atom. The van der Waals surface area contributed by atoms with E-state index >= 15 is 0 Å². The number of amides is 2. The van der Waals surface area contributed by atoms with Crippen LogP contribution in [0.15, 0.2) is 12.7 Å². The Bertz CT molecular complexity index is 1160. The SMILES string of the molecule is CN(CCCC(=O)O)C[C@H]1O[C@@H](n2cnc3c(NC(=O)CCCCCNC(=O)CCCCCO)ncnc32)[C@H](O)[C@@H]1O. The molecule has 0 aliphatic carbocycles. The van der Waals surface area contributed by atoms with Gasteiger partial charge in [-0.15, -0.1) is 0 Å². The quantitative estimate of drug-likeness (QED) is 0.122. The number of aliphatic hydroxyl groups excluding tert-OH is 3. The van der Waals surface area contributed by atoms with Crippen molar-refractivity contribution < 1.29 is 39.5 Å². The van der Waals surface area contributed by atoms with Crippen molar-refractivity contribution in [2.45, 2.75) is 88.7 Å². The summed E-state index contributed by atoms with van der Waals surface area (Å²) in [5.41, 5.74) is 0.631. The first kappa shape index (κ1) is 33.3. The number of carboxylic acids is 1. The minimum absolute atomic E-state index is 0.00114. The van der Waals surface area contributed by atoms with Gasteiger partial charge in [-0.05, 0) is 45.7 Å². The molecule has 3 heterocycles. The number of aromatic nitrogens is 4. The summed E-state index contributed by atoms with van der Waals surface area (Å²) in [7, 11) is 1.79. The molecular formula is C27H43N7O8. The molecule has 4 atom stereocenters. The number of rotatable bonds is 19. The van der Waals surface area contributed by atoms with Crippen molar-refractivity contribution in [3.05, 3.63) is 12.7 Å². The van der Waals surface area contributed by atoms with E-state index in [2.05, 4.69) is 25.6 Å². The Hall–Kier alpha value is -3.24. The predicted molar refractivity (Wildman–Crippen MR) is 151 cm³/mol. The maximum absolute atomic E-state index is 12.6. The van der Waals surface area contributed by atoms with Gasteiger partial charge in [0.1, 0.15) is 24.6 Å². The molecule has 1 fully saturated rings. The summed E-state index contributed by atoms with van der Waals surface area (Å²) >= 11 is 0. The Morgan fingerprint density at radius 1 is 0.952 bits per heavy atom. The van der Waals surface area contributed by atoms with Gasteiger partial charge in [-0.1, -0.05) is 12.8 Å². The summed E-state index contributed by atoms with van der Waals surface area (Å²) in [6.07, 6.45) is 4.20. The van der Waals surface area contributed by atoms with Gasteiger partial charge in [-0.25, -0.2) is 15.0 Å². The number of fused-ring (bicyclic) bond motifs is 1. The van der Waals surface area contributed by atoms with Crippen molar-refractivity contribution in [1.29, 1.82) is 0 Å². The third-order valence-corrected chi connectivity index (χ3v) is 7.11. The minimum atomic E-state index is -1.26. The van der Waals surface area contributed by atoms with Gasteiger partial charge >= 0.3 is 5.97 Å². The molecular weight excluding hydrogens is 550 g/mol. The zero-order valence-corrected chi connectivity index (χ0v) is 24.0. The average Bonchev–Trinajstić information content (AvgIpc) is 3.50. The van der Waals surface area contributed by atoms with E-state index in [0.717, 1.165) is 25.7 Å². The first-order chi connectivity index (χ1) is 20.2.